The third kappa shape index (κ3) is 2.74. The summed E-state index contributed by atoms with van der Waals surface area (Å²) < 4.78 is 11.8. The van der Waals surface area contributed by atoms with Gasteiger partial charge in [0.2, 0.25) is 0 Å². The summed E-state index contributed by atoms with van der Waals surface area (Å²) in [5, 5.41) is 11.5. The monoisotopic (exact) mass is 390 g/mol. The summed E-state index contributed by atoms with van der Waals surface area (Å²) in [6.07, 6.45) is 10.7. The predicted molar refractivity (Wildman–Crippen MR) is 109 cm³/mol. The van der Waals surface area contributed by atoms with E-state index in [0.29, 0.717) is 24.4 Å². The number of aliphatic hydroxyl groups excluding tert-OH is 1. The highest BCUT2D eigenvalue weighted by atomic mass is 16.5. The Hall–Kier alpha value is -0.870. The van der Waals surface area contributed by atoms with E-state index < -0.39 is 0 Å². The van der Waals surface area contributed by atoms with Crippen molar-refractivity contribution in [1.82, 2.24) is 0 Å². The van der Waals surface area contributed by atoms with Crippen molar-refractivity contribution in [1.29, 1.82) is 0 Å². The lowest BCUT2D eigenvalue weighted by atomic mass is 9.41. The van der Waals surface area contributed by atoms with Gasteiger partial charge in [0.15, 0.2) is 0 Å². The van der Waals surface area contributed by atoms with Gasteiger partial charge in [-0.2, -0.15) is 0 Å². The summed E-state index contributed by atoms with van der Waals surface area (Å²) in [4.78, 5) is 11.5. The summed E-state index contributed by atoms with van der Waals surface area (Å²) in [5.41, 5.74) is -0.173. The van der Waals surface area contributed by atoms with Crippen LogP contribution in [0.25, 0.3) is 0 Å². The standard InChI is InChI=1S/C24H38O4/c1-6-28-23(5)14-24-13-17(23)8-9-18(24)22(4)11-7-10-21(3,15-27-16(2)25)19(22)12-20(24)26/h8-9,17-20,26H,6-7,10-15H2,1-5H3. The average Bonchev–Trinajstić information content (AvgIpc) is 2.83. The van der Waals surface area contributed by atoms with E-state index in [-0.39, 0.29) is 33.9 Å². The molecule has 0 aromatic rings. The van der Waals surface area contributed by atoms with E-state index in [2.05, 4.69) is 39.8 Å². The summed E-state index contributed by atoms with van der Waals surface area (Å²) in [6, 6.07) is 0. The average molecular weight is 391 g/mol. The molecule has 3 saturated carbocycles. The minimum absolute atomic E-state index is 0.0617. The van der Waals surface area contributed by atoms with Crippen molar-refractivity contribution in [2.45, 2.75) is 84.8 Å². The first-order valence-corrected chi connectivity index (χ1v) is 11.2. The fourth-order valence-electron chi connectivity index (χ4n) is 8.09. The summed E-state index contributed by atoms with van der Waals surface area (Å²) >= 11 is 0. The maximum absolute atomic E-state index is 11.5. The molecule has 0 heterocycles. The molecule has 28 heavy (non-hydrogen) atoms. The van der Waals surface area contributed by atoms with Crippen LogP contribution in [0.1, 0.15) is 73.1 Å². The lowest BCUT2D eigenvalue weighted by Crippen LogP contribution is -2.61. The van der Waals surface area contributed by atoms with E-state index in [9.17, 15) is 9.90 Å². The first-order chi connectivity index (χ1) is 13.1. The zero-order valence-electron chi connectivity index (χ0n) is 18.3. The van der Waals surface area contributed by atoms with Gasteiger partial charge in [-0.25, -0.2) is 0 Å². The highest BCUT2D eigenvalue weighted by molar-refractivity contribution is 5.65. The highest BCUT2D eigenvalue weighted by Crippen LogP contribution is 2.71. The Kier molecular flexibility index (Phi) is 4.79. The number of ether oxygens (including phenoxy) is 2. The molecule has 3 fully saturated rings. The molecule has 0 aromatic carbocycles. The molecule has 0 saturated heterocycles. The maximum atomic E-state index is 11.5. The lowest BCUT2D eigenvalue weighted by Gasteiger charge is -2.64. The van der Waals surface area contributed by atoms with Gasteiger partial charge < -0.3 is 14.6 Å². The molecule has 4 aliphatic carbocycles. The van der Waals surface area contributed by atoms with Gasteiger partial charge in [0, 0.05) is 30.3 Å². The number of carbonyl (C=O) groups is 1. The van der Waals surface area contributed by atoms with Crippen molar-refractivity contribution in [3.05, 3.63) is 12.2 Å². The number of carbonyl (C=O) groups excluding carboxylic acids is 1. The van der Waals surface area contributed by atoms with Gasteiger partial charge in [0.1, 0.15) is 0 Å². The molecule has 4 heteroatoms. The number of hydrogen-bond acceptors (Lipinski definition) is 4. The number of rotatable bonds is 4. The van der Waals surface area contributed by atoms with Gasteiger partial charge in [-0.1, -0.05) is 32.4 Å². The molecule has 0 amide bonds. The van der Waals surface area contributed by atoms with Gasteiger partial charge in [-0.05, 0) is 63.2 Å². The zero-order chi connectivity index (χ0) is 20.4. The topological polar surface area (TPSA) is 55.8 Å². The molecule has 4 nitrogen and oxygen atoms in total. The Balaban J connectivity index is 1.70. The fourth-order valence-corrected chi connectivity index (χ4v) is 8.09. The number of hydrogen-bond donors (Lipinski definition) is 1. The van der Waals surface area contributed by atoms with Crippen LogP contribution in [0, 0.1) is 34.0 Å². The highest BCUT2D eigenvalue weighted by Gasteiger charge is 2.69. The lowest BCUT2D eigenvalue weighted by molar-refractivity contribution is -0.193. The van der Waals surface area contributed by atoms with Crippen LogP contribution in [0.2, 0.25) is 0 Å². The quantitative estimate of drug-likeness (QED) is 0.567. The maximum Gasteiger partial charge on any atom is 0.302 e. The van der Waals surface area contributed by atoms with Crippen LogP contribution in [-0.2, 0) is 14.3 Å². The van der Waals surface area contributed by atoms with Crippen LogP contribution in [0.15, 0.2) is 12.2 Å². The van der Waals surface area contributed by atoms with Crippen molar-refractivity contribution in [2.24, 2.45) is 34.0 Å². The van der Waals surface area contributed by atoms with Crippen LogP contribution in [0.4, 0.5) is 0 Å². The minimum atomic E-state index is -0.319. The molecule has 0 aromatic heterocycles. The van der Waals surface area contributed by atoms with E-state index in [1.54, 1.807) is 0 Å². The number of esters is 1. The molecule has 2 bridgehead atoms. The van der Waals surface area contributed by atoms with Gasteiger partial charge in [0.05, 0.1) is 18.3 Å². The zero-order valence-corrected chi connectivity index (χ0v) is 18.3. The predicted octanol–water partition coefficient (Wildman–Crippen LogP) is 4.50. The van der Waals surface area contributed by atoms with Crippen molar-refractivity contribution < 1.29 is 19.4 Å². The second kappa shape index (κ2) is 6.57. The molecular weight excluding hydrogens is 352 g/mol. The molecule has 0 radical (unpaired) electrons. The summed E-state index contributed by atoms with van der Waals surface area (Å²) in [7, 11) is 0. The smallest absolute Gasteiger partial charge is 0.302 e. The Morgan fingerprint density at radius 2 is 1.96 bits per heavy atom. The van der Waals surface area contributed by atoms with Crippen LogP contribution >= 0.6 is 0 Å². The van der Waals surface area contributed by atoms with E-state index in [1.165, 1.54) is 13.3 Å². The Labute approximate surface area is 170 Å². The van der Waals surface area contributed by atoms with Gasteiger partial charge >= 0.3 is 5.97 Å². The number of allylic oxidation sites excluding steroid dienone is 1. The normalized spacial score (nSPS) is 52.1. The van der Waals surface area contributed by atoms with Crippen LogP contribution in [0.5, 0.6) is 0 Å². The fraction of sp³-hybridized carbons (Fsp3) is 0.875. The van der Waals surface area contributed by atoms with Crippen LogP contribution < -0.4 is 0 Å². The van der Waals surface area contributed by atoms with Crippen molar-refractivity contribution in [3.63, 3.8) is 0 Å². The second-order valence-electron chi connectivity index (χ2n) is 10.9. The molecule has 0 aliphatic heterocycles. The number of fused-ring (bicyclic) bond motifs is 3. The molecule has 8 atom stereocenters. The molecule has 1 spiro atoms. The van der Waals surface area contributed by atoms with Crippen molar-refractivity contribution in [3.8, 4) is 0 Å². The third-order valence-electron chi connectivity index (χ3n) is 9.23. The van der Waals surface area contributed by atoms with E-state index in [1.807, 2.05) is 0 Å². The molecule has 158 valence electrons. The Bertz CT molecular complexity index is 674. The van der Waals surface area contributed by atoms with Crippen LogP contribution in [-0.4, -0.2) is 36.0 Å². The van der Waals surface area contributed by atoms with E-state index >= 15 is 0 Å². The summed E-state index contributed by atoms with van der Waals surface area (Å²) in [6.45, 7) is 11.7. The SMILES string of the molecule is CCOC1(C)CC23CC1C=CC2C1(C)CCCC(C)(COC(C)=O)C1CC3O. The van der Waals surface area contributed by atoms with Gasteiger partial charge in [-0.3, -0.25) is 4.79 Å². The third-order valence-corrected chi connectivity index (χ3v) is 9.23. The molecule has 4 aliphatic rings. The Morgan fingerprint density at radius 3 is 2.64 bits per heavy atom. The first kappa shape index (κ1) is 20.4. The van der Waals surface area contributed by atoms with Crippen LogP contribution in [0.3, 0.4) is 0 Å². The summed E-state index contributed by atoms with van der Waals surface area (Å²) in [5.74, 6) is 0.919. The molecular formula is C24H38O4. The molecule has 8 unspecified atom stereocenters. The first-order valence-electron chi connectivity index (χ1n) is 11.2. The van der Waals surface area contributed by atoms with E-state index in [4.69, 9.17) is 9.47 Å². The van der Waals surface area contributed by atoms with Gasteiger partial charge in [-0.15, -0.1) is 0 Å². The van der Waals surface area contributed by atoms with Gasteiger partial charge in [0.25, 0.3) is 0 Å². The van der Waals surface area contributed by atoms with E-state index in [0.717, 1.165) is 38.7 Å². The minimum Gasteiger partial charge on any atom is -0.465 e. The Morgan fingerprint density at radius 1 is 1.21 bits per heavy atom. The second-order valence-corrected chi connectivity index (χ2v) is 10.9. The number of aliphatic hydroxyl groups is 1. The van der Waals surface area contributed by atoms with Crippen molar-refractivity contribution >= 4 is 5.97 Å². The molecule has 4 rings (SSSR count). The van der Waals surface area contributed by atoms with Crippen molar-refractivity contribution in [2.75, 3.05) is 13.2 Å². The molecule has 1 N–H and O–H groups in total. The largest absolute Gasteiger partial charge is 0.465 e.